The van der Waals surface area contributed by atoms with Gasteiger partial charge in [0, 0.05) is 31.4 Å². The van der Waals surface area contributed by atoms with E-state index in [-0.39, 0.29) is 17.2 Å². The minimum Gasteiger partial charge on any atom is -0.377 e. The molecule has 0 aromatic carbocycles. The molecule has 2 aromatic rings. The van der Waals surface area contributed by atoms with Gasteiger partial charge in [-0.2, -0.15) is 0 Å². The molecule has 1 unspecified atom stereocenters. The van der Waals surface area contributed by atoms with Crippen molar-refractivity contribution in [1.82, 2.24) is 14.5 Å². The molecule has 0 aliphatic carbocycles. The molecule has 0 bridgehead atoms. The number of hydrogen-bond donors (Lipinski definition) is 0. The standard InChI is InChI=1S/C18H23FN4O2/c1-4-12(2)16-11-25-8-7-23(16)18-21-15(9-17(24)22(18)3)13-5-6-20-10-14(13)19/h5-6,9-10,12,16H,4,7-8,11H2,1-3H3/t12?,16-/m0/s1. The van der Waals surface area contributed by atoms with Gasteiger partial charge in [0.1, 0.15) is 0 Å². The molecule has 134 valence electrons. The van der Waals surface area contributed by atoms with Crippen LogP contribution in [0.4, 0.5) is 10.3 Å². The molecule has 3 rings (SSSR count). The van der Waals surface area contributed by atoms with Gasteiger partial charge in [0.2, 0.25) is 5.95 Å². The van der Waals surface area contributed by atoms with Gasteiger partial charge in [0.05, 0.1) is 31.1 Å². The maximum Gasteiger partial charge on any atom is 0.255 e. The average Bonchev–Trinajstić information content (AvgIpc) is 2.63. The van der Waals surface area contributed by atoms with Crippen molar-refractivity contribution in [3.63, 3.8) is 0 Å². The van der Waals surface area contributed by atoms with Crippen molar-refractivity contribution in [2.45, 2.75) is 26.3 Å². The van der Waals surface area contributed by atoms with Gasteiger partial charge in [-0.05, 0) is 12.0 Å². The van der Waals surface area contributed by atoms with Crippen LogP contribution < -0.4 is 10.5 Å². The second kappa shape index (κ2) is 7.31. The Morgan fingerprint density at radius 3 is 3.00 bits per heavy atom. The van der Waals surface area contributed by atoms with Crippen LogP contribution in [0.1, 0.15) is 20.3 Å². The molecule has 2 atom stereocenters. The Morgan fingerprint density at radius 1 is 1.48 bits per heavy atom. The summed E-state index contributed by atoms with van der Waals surface area (Å²) in [4.78, 5) is 23.0. The van der Waals surface area contributed by atoms with Crippen LogP contribution in [0.3, 0.4) is 0 Å². The maximum absolute atomic E-state index is 14.1. The fourth-order valence-electron chi connectivity index (χ4n) is 3.12. The fourth-order valence-corrected chi connectivity index (χ4v) is 3.12. The molecule has 7 heteroatoms. The molecule has 2 aromatic heterocycles. The lowest BCUT2D eigenvalue weighted by Crippen LogP contribution is -2.51. The molecule has 0 radical (unpaired) electrons. The Hall–Kier alpha value is -2.28. The van der Waals surface area contributed by atoms with E-state index in [1.807, 2.05) is 0 Å². The van der Waals surface area contributed by atoms with Crippen LogP contribution in [-0.2, 0) is 11.8 Å². The molecule has 6 nitrogen and oxygen atoms in total. The molecule has 3 heterocycles. The van der Waals surface area contributed by atoms with Gasteiger partial charge < -0.3 is 9.64 Å². The summed E-state index contributed by atoms with van der Waals surface area (Å²) in [6.45, 7) is 6.12. The number of anilines is 1. The third-order valence-corrected chi connectivity index (χ3v) is 4.88. The molecular weight excluding hydrogens is 323 g/mol. The highest BCUT2D eigenvalue weighted by molar-refractivity contribution is 5.60. The summed E-state index contributed by atoms with van der Waals surface area (Å²) in [5, 5.41) is 0. The number of hydrogen-bond acceptors (Lipinski definition) is 5. The summed E-state index contributed by atoms with van der Waals surface area (Å²) in [5.74, 6) is 0.445. The van der Waals surface area contributed by atoms with Crippen LogP contribution in [0.5, 0.6) is 0 Å². The summed E-state index contributed by atoms with van der Waals surface area (Å²) >= 11 is 0. The van der Waals surface area contributed by atoms with Gasteiger partial charge in [-0.3, -0.25) is 14.3 Å². The van der Waals surface area contributed by atoms with E-state index in [0.717, 1.165) is 12.6 Å². The highest BCUT2D eigenvalue weighted by Crippen LogP contribution is 2.26. The number of pyridine rings is 1. The van der Waals surface area contributed by atoms with Crippen LogP contribution in [0.2, 0.25) is 0 Å². The van der Waals surface area contributed by atoms with Crippen molar-refractivity contribution in [1.29, 1.82) is 0 Å². The molecule has 1 fully saturated rings. The number of morpholine rings is 1. The van der Waals surface area contributed by atoms with Gasteiger partial charge in [-0.25, -0.2) is 9.37 Å². The molecule has 0 spiro atoms. The zero-order chi connectivity index (χ0) is 18.0. The lowest BCUT2D eigenvalue weighted by molar-refractivity contribution is 0.0760. The first kappa shape index (κ1) is 17.5. The fraction of sp³-hybridized carbons (Fsp3) is 0.500. The largest absolute Gasteiger partial charge is 0.377 e. The predicted octanol–water partition coefficient (Wildman–Crippen LogP) is 2.23. The average molecular weight is 346 g/mol. The van der Waals surface area contributed by atoms with E-state index >= 15 is 0 Å². The summed E-state index contributed by atoms with van der Waals surface area (Å²) < 4.78 is 21.2. The summed E-state index contributed by atoms with van der Waals surface area (Å²) in [6, 6.07) is 3.03. The van der Waals surface area contributed by atoms with Crippen molar-refractivity contribution in [3.05, 3.63) is 40.7 Å². The first-order chi connectivity index (χ1) is 12.0. The lowest BCUT2D eigenvalue weighted by Gasteiger charge is -2.40. The SMILES string of the molecule is CCC(C)[C@@H]1COCCN1c1nc(-c2ccncc2F)cc(=O)n1C. The number of rotatable bonds is 4. The van der Waals surface area contributed by atoms with Crippen molar-refractivity contribution < 1.29 is 9.13 Å². The second-order valence-electron chi connectivity index (χ2n) is 6.42. The van der Waals surface area contributed by atoms with Gasteiger partial charge in [0.25, 0.3) is 5.56 Å². The van der Waals surface area contributed by atoms with E-state index in [4.69, 9.17) is 4.74 Å². The Bertz CT molecular complexity index is 808. The van der Waals surface area contributed by atoms with Crippen LogP contribution in [-0.4, -0.2) is 40.3 Å². The van der Waals surface area contributed by atoms with Gasteiger partial charge in [-0.1, -0.05) is 20.3 Å². The summed E-state index contributed by atoms with van der Waals surface area (Å²) in [5.41, 5.74) is 0.389. The van der Waals surface area contributed by atoms with E-state index in [1.165, 1.54) is 22.9 Å². The van der Waals surface area contributed by atoms with Crippen molar-refractivity contribution in [2.24, 2.45) is 13.0 Å². The molecule has 0 N–H and O–H groups in total. The number of ether oxygens (including phenoxy) is 1. The first-order valence-corrected chi connectivity index (χ1v) is 8.55. The van der Waals surface area contributed by atoms with Crippen LogP contribution in [0.25, 0.3) is 11.3 Å². The Balaban J connectivity index is 2.09. The Kier molecular flexibility index (Phi) is 5.13. The van der Waals surface area contributed by atoms with Gasteiger partial charge in [-0.15, -0.1) is 0 Å². The molecule has 1 aliphatic heterocycles. The van der Waals surface area contributed by atoms with E-state index in [1.54, 1.807) is 7.05 Å². The third kappa shape index (κ3) is 3.42. The van der Waals surface area contributed by atoms with Gasteiger partial charge in [0.15, 0.2) is 5.82 Å². The second-order valence-corrected chi connectivity index (χ2v) is 6.42. The normalized spacial score (nSPS) is 19.0. The monoisotopic (exact) mass is 346 g/mol. The molecule has 1 saturated heterocycles. The van der Waals surface area contributed by atoms with Crippen molar-refractivity contribution in [3.8, 4) is 11.3 Å². The Labute approximate surface area is 146 Å². The lowest BCUT2D eigenvalue weighted by atomic mass is 9.97. The minimum absolute atomic E-state index is 0.134. The molecule has 25 heavy (non-hydrogen) atoms. The highest BCUT2D eigenvalue weighted by atomic mass is 19.1. The maximum atomic E-state index is 14.1. The first-order valence-electron chi connectivity index (χ1n) is 8.55. The number of halogens is 1. The van der Waals surface area contributed by atoms with E-state index in [2.05, 4.69) is 28.7 Å². The third-order valence-electron chi connectivity index (χ3n) is 4.88. The molecule has 0 saturated carbocycles. The molecule has 0 amide bonds. The number of nitrogens with zero attached hydrogens (tertiary/aromatic N) is 4. The quantitative estimate of drug-likeness (QED) is 0.850. The van der Waals surface area contributed by atoms with Crippen LogP contribution >= 0.6 is 0 Å². The topological polar surface area (TPSA) is 60.2 Å². The van der Waals surface area contributed by atoms with E-state index in [0.29, 0.717) is 37.3 Å². The molecular formula is C18H23FN4O2. The zero-order valence-electron chi connectivity index (χ0n) is 14.8. The highest BCUT2D eigenvalue weighted by Gasteiger charge is 2.30. The van der Waals surface area contributed by atoms with E-state index in [9.17, 15) is 9.18 Å². The number of aromatic nitrogens is 3. The van der Waals surface area contributed by atoms with Crippen LogP contribution in [0, 0.1) is 11.7 Å². The van der Waals surface area contributed by atoms with E-state index < -0.39 is 5.82 Å². The summed E-state index contributed by atoms with van der Waals surface area (Å²) in [6.07, 6.45) is 3.62. The smallest absolute Gasteiger partial charge is 0.255 e. The zero-order valence-corrected chi connectivity index (χ0v) is 14.8. The Morgan fingerprint density at radius 2 is 2.28 bits per heavy atom. The minimum atomic E-state index is -0.491. The predicted molar refractivity (Wildman–Crippen MR) is 94.1 cm³/mol. The van der Waals surface area contributed by atoms with Crippen LogP contribution in [0.15, 0.2) is 29.3 Å². The molecule has 1 aliphatic rings. The van der Waals surface area contributed by atoms with Crippen molar-refractivity contribution in [2.75, 3.05) is 24.7 Å². The summed E-state index contributed by atoms with van der Waals surface area (Å²) in [7, 11) is 1.69. The van der Waals surface area contributed by atoms with Crippen molar-refractivity contribution >= 4 is 5.95 Å². The van der Waals surface area contributed by atoms with Gasteiger partial charge >= 0.3 is 0 Å².